The van der Waals surface area contributed by atoms with Crippen molar-refractivity contribution >= 4 is 5.97 Å². The summed E-state index contributed by atoms with van der Waals surface area (Å²) < 4.78 is 38.3. The Bertz CT molecular complexity index is 586. The predicted molar refractivity (Wildman–Crippen MR) is 69.9 cm³/mol. The van der Waals surface area contributed by atoms with Gasteiger partial charge in [-0.3, -0.25) is 4.79 Å². The van der Waals surface area contributed by atoms with Crippen molar-refractivity contribution in [2.45, 2.75) is 43.9 Å². The summed E-state index contributed by atoms with van der Waals surface area (Å²) in [6.45, 7) is 0.742. The molecule has 1 saturated carbocycles. The highest BCUT2D eigenvalue weighted by atomic mass is 19.3. The summed E-state index contributed by atoms with van der Waals surface area (Å²) in [6, 6.07) is 2.65. The minimum absolute atomic E-state index is 0.0341. The standard InChI is InChI=1S/C15H16F2O4/c1-14(16,17)9-6-11-12(21-8-20-11)7-10(9)15(13(18)19)4-2-3-5-15/h6-7H,2-5,8H2,1H3,(H,18,19). The molecule has 21 heavy (non-hydrogen) atoms. The summed E-state index contributed by atoms with van der Waals surface area (Å²) in [5, 5.41) is 9.64. The first-order valence-corrected chi connectivity index (χ1v) is 6.90. The van der Waals surface area contributed by atoms with Crippen LogP contribution in [0.2, 0.25) is 0 Å². The van der Waals surface area contributed by atoms with Gasteiger partial charge in [-0.1, -0.05) is 12.8 Å². The number of halogens is 2. The van der Waals surface area contributed by atoms with Crippen molar-refractivity contribution in [2.75, 3.05) is 6.79 Å². The van der Waals surface area contributed by atoms with E-state index < -0.39 is 17.3 Å². The smallest absolute Gasteiger partial charge is 0.314 e. The molecule has 1 aromatic carbocycles. The molecule has 0 saturated heterocycles. The van der Waals surface area contributed by atoms with Gasteiger partial charge in [0.25, 0.3) is 5.92 Å². The molecule has 2 aliphatic rings. The molecular weight excluding hydrogens is 282 g/mol. The van der Waals surface area contributed by atoms with E-state index >= 15 is 0 Å². The fourth-order valence-corrected chi connectivity index (χ4v) is 3.28. The molecule has 1 aliphatic carbocycles. The number of carboxylic acids is 1. The predicted octanol–water partition coefficient (Wildman–Crippen LogP) is 3.42. The van der Waals surface area contributed by atoms with Gasteiger partial charge in [0, 0.05) is 12.5 Å². The second-order valence-electron chi connectivity index (χ2n) is 5.73. The van der Waals surface area contributed by atoms with E-state index in [0.29, 0.717) is 18.6 Å². The molecule has 0 atom stereocenters. The second-order valence-corrected chi connectivity index (χ2v) is 5.73. The number of aliphatic carboxylic acids is 1. The average molecular weight is 298 g/mol. The first kappa shape index (κ1) is 14.1. The van der Waals surface area contributed by atoms with Crippen molar-refractivity contribution < 1.29 is 28.2 Å². The third-order valence-electron chi connectivity index (χ3n) is 4.37. The van der Waals surface area contributed by atoms with E-state index in [4.69, 9.17) is 9.47 Å². The van der Waals surface area contributed by atoms with Gasteiger partial charge in [-0.2, -0.15) is 0 Å². The normalized spacial score (nSPS) is 19.8. The Hall–Kier alpha value is -1.85. The van der Waals surface area contributed by atoms with Crippen molar-refractivity contribution in [1.82, 2.24) is 0 Å². The van der Waals surface area contributed by atoms with Gasteiger partial charge in [0.2, 0.25) is 6.79 Å². The lowest BCUT2D eigenvalue weighted by Crippen LogP contribution is -2.35. The lowest BCUT2D eigenvalue weighted by Gasteiger charge is -2.29. The maximum absolute atomic E-state index is 14.0. The molecule has 0 unspecified atom stereocenters. The van der Waals surface area contributed by atoms with Gasteiger partial charge in [0.1, 0.15) is 0 Å². The third-order valence-corrected chi connectivity index (χ3v) is 4.37. The zero-order valence-electron chi connectivity index (χ0n) is 11.6. The molecular formula is C15H16F2O4. The fourth-order valence-electron chi connectivity index (χ4n) is 3.28. The number of hydrogen-bond acceptors (Lipinski definition) is 3. The van der Waals surface area contributed by atoms with Crippen LogP contribution in [0.15, 0.2) is 12.1 Å². The van der Waals surface area contributed by atoms with Crippen LogP contribution in [0.4, 0.5) is 8.78 Å². The summed E-state index contributed by atoms with van der Waals surface area (Å²) in [6.07, 6.45) is 2.17. The van der Waals surface area contributed by atoms with Crippen LogP contribution < -0.4 is 9.47 Å². The Labute approximate surface area is 120 Å². The SMILES string of the molecule is CC(F)(F)c1cc2c(cc1C1(C(=O)O)CCCC1)OCO2. The summed E-state index contributed by atoms with van der Waals surface area (Å²) in [5.74, 6) is -3.61. The lowest BCUT2D eigenvalue weighted by molar-refractivity contribution is -0.143. The number of hydrogen-bond donors (Lipinski definition) is 1. The van der Waals surface area contributed by atoms with Gasteiger partial charge in [0.05, 0.1) is 5.41 Å². The molecule has 114 valence electrons. The number of alkyl halides is 2. The number of rotatable bonds is 3. The zero-order valence-corrected chi connectivity index (χ0v) is 11.6. The molecule has 0 spiro atoms. The van der Waals surface area contributed by atoms with Crippen LogP contribution in [0, 0.1) is 0 Å². The van der Waals surface area contributed by atoms with E-state index in [1.807, 2.05) is 0 Å². The average Bonchev–Trinajstić information content (AvgIpc) is 3.05. The summed E-state index contributed by atoms with van der Waals surface area (Å²) >= 11 is 0. The quantitative estimate of drug-likeness (QED) is 0.929. The van der Waals surface area contributed by atoms with Crippen molar-refractivity contribution in [2.24, 2.45) is 0 Å². The fraction of sp³-hybridized carbons (Fsp3) is 0.533. The molecule has 4 nitrogen and oxygen atoms in total. The first-order chi connectivity index (χ1) is 9.84. The number of fused-ring (bicyclic) bond motifs is 1. The molecule has 0 bridgehead atoms. The molecule has 3 rings (SSSR count). The number of benzene rings is 1. The van der Waals surface area contributed by atoms with Gasteiger partial charge < -0.3 is 14.6 Å². The van der Waals surface area contributed by atoms with Crippen LogP contribution in [0.25, 0.3) is 0 Å². The van der Waals surface area contributed by atoms with E-state index in [2.05, 4.69) is 0 Å². The van der Waals surface area contributed by atoms with Crippen molar-refractivity contribution in [3.63, 3.8) is 0 Å². The van der Waals surface area contributed by atoms with Crippen LogP contribution in [0.3, 0.4) is 0 Å². The summed E-state index contributed by atoms with van der Waals surface area (Å²) in [5.41, 5.74) is -1.38. The van der Waals surface area contributed by atoms with E-state index in [1.165, 1.54) is 12.1 Å². The van der Waals surface area contributed by atoms with Crippen LogP contribution in [0.1, 0.15) is 43.7 Å². The Morgan fingerprint density at radius 1 is 1.24 bits per heavy atom. The maximum Gasteiger partial charge on any atom is 0.314 e. The molecule has 6 heteroatoms. The van der Waals surface area contributed by atoms with E-state index in [1.54, 1.807) is 0 Å². The molecule has 0 radical (unpaired) electrons. The molecule has 0 aromatic heterocycles. The first-order valence-electron chi connectivity index (χ1n) is 6.90. The summed E-state index contributed by atoms with van der Waals surface area (Å²) in [4.78, 5) is 11.8. The largest absolute Gasteiger partial charge is 0.481 e. The molecule has 1 aliphatic heterocycles. The van der Waals surface area contributed by atoms with Crippen molar-refractivity contribution in [3.8, 4) is 11.5 Å². The monoisotopic (exact) mass is 298 g/mol. The highest BCUT2D eigenvalue weighted by Gasteiger charge is 2.47. The third kappa shape index (κ3) is 2.13. The van der Waals surface area contributed by atoms with Gasteiger partial charge >= 0.3 is 5.97 Å². The molecule has 1 N–H and O–H groups in total. The van der Waals surface area contributed by atoms with Gasteiger partial charge in [-0.15, -0.1) is 0 Å². The Morgan fingerprint density at radius 2 is 1.81 bits per heavy atom. The van der Waals surface area contributed by atoms with Crippen LogP contribution in [-0.2, 0) is 16.1 Å². The lowest BCUT2D eigenvalue weighted by atomic mass is 9.75. The highest BCUT2D eigenvalue weighted by Crippen LogP contribution is 2.49. The van der Waals surface area contributed by atoms with Gasteiger partial charge in [0.15, 0.2) is 11.5 Å². The van der Waals surface area contributed by atoms with Crippen molar-refractivity contribution in [3.05, 3.63) is 23.3 Å². The van der Waals surface area contributed by atoms with Gasteiger partial charge in [-0.05, 0) is 30.5 Å². The number of ether oxygens (including phenoxy) is 2. The van der Waals surface area contributed by atoms with Crippen LogP contribution in [-0.4, -0.2) is 17.9 Å². The van der Waals surface area contributed by atoms with E-state index in [0.717, 1.165) is 19.8 Å². The molecule has 1 fully saturated rings. The maximum atomic E-state index is 14.0. The Kier molecular flexibility index (Phi) is 3.07. The molecule has 0 amide bonds. The van der Waals surface area contributed by atoms with E-state index in [9.17, 15) is 18.7 Å². The Balaban J connectivity index is 2.23. The second kappa shape index (κ2) is 4.58. The topological polar surface area (TPSA) is 55.8 Å². The molecule has 1 heterocycles. The summed E-state index contributed by atoms with van der Waals surface area (Å²) in [7, 11) is 0. The minimum atomic E-state index is -3.14. The highest BCUT2D eigenvalue weighted by molar-refractivity contribution is 5.83. The van der Waals surface area contributed by atoms with Gasteiger partial charge in [-0.25, -0.2) is 8.78 Å². The number of carbonyl (C=O) groups is 1. The zero-order chi connectivity index (χ0) is 15.3. The van der Waals surface area contributed by atoms with Crippen molar-refractivity contribution in [1.29, 1.82) is 0 Å². The van der Waals surface area contributed by atoms with Crippen LogP contribution in [0.5, 0.6) is 11.5 Å². The minimum Gasteiger partial charge on any atom is -0.481 e. The van der Waals surface area contributed by atoms with Crippen LogP contribution >= 0.6 is 0 Å². The number of carboxylic acid groups (broad SMARTS) is 1. The Morgan fingerprint density at radius 3 is 2.33 bits per heavy atom. The van der Waals surface area contributed by atoms with E-state index in [-0.39, 0.29) is 23.7 Å². The molecule has 1 aromatic rings.